The molecule has 0 saturated carbocycles. The number of benzene rings is 1. The van der Waals surface area contributed by atoms with Crippen molar-refractivity contribution >= 4 is 50.8 Å². The number of amidine groups is 1. The molecule has 154 valence electrons. The smallest absolute Gasteiger partial charge is 0.321 e. The number of allylic oxidation sites excluding steroid dienone is 1. The van der Waals surface area contributed by atoms with E-state index >= 15 is 0 Å². The van der Waals surface area contributed by atoms with Crippen LogP contribution in [0.1, 0.15) is 19.4 Å². The quantitative estimate of drug-likeness (QED) is 0.412. The number of aliphatic imine (C=N–C) groups is 2. The first-order valence-electron chi connectivity index (χ1n) is 9.28. The Hall–Kier alpha value is -3.43. The van der Waals surface area contributed by atoms with Gasteiger partial charge in [-0.25, -0.2) is 19.8 Å². The SMILES string of the molecule is C=N/C(CO)=N\C=C(/C)c1cc(-c2ccccn2)c2sc(NC(=O)NCC)nc2c1. The number of pyridine rings is 1. The molecule has 0 radical (unpaired) electrons. The number of nitrogens with one attached hydrogen (secondary N) is 2. The van der Waals surface area contributed by atoms with Crippen LogP contribution in [0, 0.1) is 0 Å². The van der Waals surface area contributed by atoms with E-state index < -0.39 is 0 Å². The van der Waals surface area contributed by atoms with Gasteiger partial charge in [0.2, 0.25) is 0 Å². The van der Waals surface area contributed by atoms with E-state index in [1.54, 1.807) is 12.4 Å². The van der Waals surface area contributed by atoms with Crippen molar-refractivity contribution in [2.24, 2.45) is 9.98 Å². The molecule has 2 heterocycles. The van der Waals surface area contributed by atoms with Gasteiger partial charge in [0.25, 0.3) is 0 Å². The Morgan fingerprint density at radius 3 is 2.87 bits per heavy atom. The number of carbonyl (C=O) groups excluding carboxylic acids is 1. The summed E-state index contributed by atoms with van der Waals surface area (Å²) in [7, 11) is 0. The monoisotopic (exact) mass is 422 g/mol. The minimum absolute atomic E-state index is 0.238. The molecule has 1 aromatic carbocycles. The average Bonchev–Trinajstić information content (AvgIpc) is 3.16. The summed E-state index contributed by atoms with van der Waals surface area (Å²) in [6.45, 7) is 7.39. The lowest BCUT2D eigenvalue weighted by Gasteiger charge is -2.07. The molecular weight excluding hydrogens is 400 g/mol. The number of thiazole rings is 1. The van der Waals surface area contributed by atoms with E-state index in [-0.39, 0.29) is 18.5 Å². The van der Waals surface area contributed by atoms with Crippen molar-refractivity contribution in [2.45, 2.75) is 13.8 Å². The third-order valence-corrected chi connectivity index (χ3v) is 5.20. The van der Waals surface area contributed by atoms with Gasteiger partial charge in [-0.2, -0.15) is 0 Å². The zero-order chi connectivity index (χ0) is 21.5. The molecule has 2 aromatic heterocycles. The summed E-state index contributed by atoms with van der Waals surface area (Å²) in [5, 5.41) is 15.2. The van der Waals surface area contributed by atoms with E-state index in [2.05, 4.69) is 37.3 Å². The summed E-state index contributed by atoms with van der Waals surface area (Å²) < 4.78 is 0.921. The fourth-order valence-electron chi connectivity index (χ4n) is 2.71. The van der Waals surface area contributed by atoms with Crippen molar-refractivity contribution in [1.29, 1.82) is 0 Å². The topological polar surface area (TPSA) is 112 Å². The normalized spacial score (nSPS) is 12.1. The third kappa shape index (κ3) is 4.94. The summed E-state index contributed by atoms with van der Waals surface area (Å²) in [5.74, 6) is 0.238. The minimum atomic E-state index is -0.296. The molecule has 0 aliphatic carbocycles. The summed E-state index contributed by atoms with van der Waals surface area (Å²) in [4.78, 5) is 28.8. The number of anilines is 1. The first-order valence-corrected chi connectivity index (χ1v) is 10.1. The molecule has 30 heavy (non-hydrogen) atoms. The molecular formula is C21H22N6O2S. The van der Waals surface area contributed by atoms with Gasteiger partial charge >= 0.3 is 6.03 Å². The molecule has 0 aliphatic rings. The molecule has 0 unspecified atom stereocenters. The van der Waals surface area contributed by atoms with Crippen molar-refractivity contribution in [2.75, 3.05) is 18.5 Å². The Labute approximate surface area is 178 Å². The Bertz CT molecular complexity index is 1120. The average molecular weight is 423 g/mol. The lowest BCUT2D eigenvalue weighted by molar-refractivity contribution is 0.252. The number of fused-ring (bicyclic) bond motifs is 1. The summed E-state index contributed by atoms with van der Waals surface area (Å²) in [6.07, 6.45) is 3.36. The molecule has 3 rings (SSSR count). The molecule has 0 fully saturated rings. The highest BCUT2D eigenvalue weighted by atomic mass is 32.1. The van der Waals surface area contributed by atoms with Crippen molar-refractivity contribution in [3.8, 4) is 11.3 Å². The molecule has 0 bridgehead atoms. The lowest BCUT2D eigenvalue weighted by atomic mass is 10.0. The highest BCUT2D eigenvalue weighted by molar-refractivity contribution is 7.22. The summed E-state index contributed by atoms with van der Waals surface area (Å²) >= 11 is 1.39. The van der Waals surface area contributed by atoms with Crippen LogP contribution < -0.4 is 10.6 Å². The van der Waals surface area contributed by atoms with Gasteiger partial charge < -0.3 is 10.4 Å². The minimum Gasteiger partial charge on any atom is -0.388 e. The van der Waals surface area contributed by atoms with E-state index in [9.17, 15) is 9.90 Å². The zero-order valence-electron chi connectivity index (χ0n) is 16.7. The number of nitrogens with zero attached hydrogens (tertiary/aromatic N) is 4. The van der Waals surface area contributed by atoms with Crippen LogP contribution in [0.25, 0.3) is 27.0 Å². The number of carbonyl (C=O) groups is 1. The standard InChI is InChI=1S/C21H22N6O2S/c1-4-23-20(29)27-21-26-17-10-14(13(2)11-25-18(12-28)22-3)9-15(19(17)30-21)16-7-5-6-8-24-16/h5-11,28H,3-4,12H2,1-2H3,(H2,23,26,27,29)/b13-11+,25-18-. The second-order valence-corrected chi connectivity index (χ2v) is 7.26. The number of amides is 2. The van der Waals surface area contributed by atoms with E-state index in [0.29, 0.717) is 11.7 Å². The predicted octanol–water partition coefficient (Wildman–Crippen LogP) is 3.95. The number of hydrogen-bond acceptors (Lipinski definition) is 6. The maximum absolute atomic E-state index is 11.9. The van der Waals surface area contributed by atoms with Gasteiger partial charge in [0.15, 0.2) is 11.0 Å². The van der Waals surface area contributed by atoms with Crippen LogP contribution in [-0.2, 0) is 0 Å². The van der Waals surface area contributed by atoms with Gasteiger partial charge in [-0.3, -0.25) is 10.3 Å². The van der Waals surface area contributed by atoms with Crippen LogP contribution in [0.3, 0.4) is 0 Å². The van der Waals surface area contributed by atoms with E-state index in [4.69, 9.17) is 0 Å². The first-order chi connectivity index (χ1) is 14.5. The largest absolute Gasteiger partial charge is 0.388 e. The second kappa shape index (κ2) is 9.86. The van der Waals surface area contributed by atoms with Gasteiger partial charge in [-0.15, -0.1) is 0 Å². The van der Waals surface area contributed by atoms with Gasteiger partial charge in [-0.1, -0.05) is 17.4 Å². The van der Waals surface area contributed by atoms with Crippen LogP contribution in [0.4, 0.5) is 9.93 Å². The fraction of sp³-hybridized carbons (Fsp3) is 0.190. The van der Waals surface area contributed by atoms with E-state index in [1.165, 1.54) is 11.3 Å². The first kappa shape index (κ1) is 21.3. The molecule has 9 heteroatoms. The van der Waals surface area contributed by atoms with Gasteiger partial charge in [0, 0.05) is 24.5 Å². The van der Waals surface area contributed by atoms with E-state index in [0.717, 1.165) is 32.6 Å². The van der Waals surface area contributed by atoms with Crippen LogP contribution in [0.15, 0.2) is 52.7 Å². The molecule has 0 saturated heterocycles. The zero-order valence-corrected chi connectivity index (χ0v) is 17.5. The predicted molar refractivity (Wildman–Crippen MR) is 123 cm³/mol. The number of rotatable bonds is 6. The molecule has 0 aliphatic heterocycles. The van der Waals surface area contributed by atoms with Crippen LogP contribution in [0.5, 0.6) is 0 Å². The number of aliphatic hydroxyl groups is 1. The van der Waals surface area contributed by atoms with Crippen molar-refractivity contribution < 1.29 is 9.90 Å². The number of urea groups is 1. The van der Waals surface area contributed by atoms with Crippen molar-refractivity contribution in [3.05, 3.63) is 48.3 Å². The van der Waals surface area contributed by atoms with E-state index in [1.807, 2.05) is 44.2 Å². The second-order valence-electron chi connectivity index (χ2n) is 6.26. The third-order valence-electron chi connectivity index (χ3n) is 4.18. The van der Waals surface area contributed by atoms with Gasteiger partial charge in [0.1, 0.15) is 6.61 Å². The number of aromatic nitrogens is 2. The van der Waals surface area contributed by atoms with Gasteiger partial charge in [-0.05, 0) is 56.0 Å². The molecule has 0 spiro atoms. The van der Waals surface area contributed by atoms with Crippen molar-refractivity contribution in [1.82, 2.24) is 15.3 Å². The Morgan fingerprint density at radius 1 is 1.37 bits per heavy atom. The van der Waals surface area contributed by atoms with Crippen LogP contribution in [0.2, 0.25) is 0 Å². The molecule has 2 amide bonds. The molecule has 0 atom stereocenters. The van der Waals surface area contributed by atoms with Crippen LogP contribution in [-0.4, -0.2) is 46.8 Å². The van der Waals surface area contributed by atoms with Gasteiger partial charge in [0.05, 0.1) is 15.9 Å². The summed E-state index contributed by atoms with van der Waals surface area (Å²) in [5.41, 5.74) is 4.20. The molecule has 3 aromatic rings. The Morgan fingerprint density at radius 2 is 2.20 bits per heavy atom. The summed E-state index contributed by atoms with van der Waals surface area (Å²) in [6, 6.07) is 9.36. The number of aliphatic hydroxyl groups excluding tert-OH is 1. The highest BCUT2D eigenvalue weighted by Crippen LogP contribution is 2.37. The lowest BCUT2D eigenvalue weighted by Crippen LogP contribution is -2.28. The molecule has 8 nitrogen and oxygen atoms in total. The van der Waals surface area contributed by atoms with Crippen molar-refractivity contribution in [3.63, 3.8) is 0 Å². The van der Waals surface area contributed by atoms with Crippen LogP contribution >= 0.6 is 11.3 Å². The molecule has 3 N–H and O–H groups in total. The number of hydrogen-bond donors (Lipinski definition) is 3. The highest BCUT2D eigenvalue weighted by Gasteiger charge is 2.14. The maximum Gasteiger partial charge on any atom is 0.321 e. The Kier molecular flexibility index (Phi) is 6.99. The maximum atomic E-state index is 11.9. The Balaban J connectivity index is 2.11. The fourth-order valence-corrected chi connectivity index (χ4v) is 3.67.